The van der Waals surface area contributed by atoms with E-state index in [-0.39, 0.29) is 11.9 Å². The molecule has 0 amide bonds. The van der Waals surface area contributed by atoms with E-state index in [1.807, 2.05) is 18.2 Å². The molecule has 4 rings (SSSR count). The van der Waals surface area contributed by atoms with Crippen LogP contribution in [0.4, 0.5) is 13.2 Å². The van der Waals surface area contributed by atoms with Crippen molar-refractivity contribution in [1.29, 1.82) is 0 Å². The van der Waals surface area contributed by atoms with Crippen LogP contribution in [0.3, 0.4) is 0 Å². The summed E-state index contributed by atoms with van der Waals surface area (Å²) in [4.78, 5) is 2.23. The number of halogens is 3. The molecule has 2 aromatic rings. The van der Waals surface area contributed by atoms with E-state index in [9.17, 15) is 13.2 Å². The van der Waals surface area contributed by atoms with Gasteiger partial charge in [0, 0.05) is 12.1 Å². The van der Waals surface area contributed by atoms with Gasteiger partial charge in [0.15, 0.2) is 5.82 Å². The monoisotopic (exact) mass is 349 g/mol. The second kappa shape index (κ2) is 6.25. The Bertz CT molecular complexity index is 768. The van der Waals surface area contributed by atoms with E-state index in [2.05, 4.69) is 38.6 Å². The lowest BCUT2D eigenvalue weighted by atomic mass is 9.95. The Hall–Kier alpha value is -2.22. The molecule has 0 unspecified atom stereocenters. The normalized spacial score (nSPS) is 23.7. The Morgan fingerprint density at radius 2 is 1.92 bits per heavy atom. The summed E-state index contributed by atoms with van der Waals surface area (Å²) >= 11 is 0. The van der Waals surface area contributed by atoms with Gasteiger partial charge in [0.25, 0.3) is 0 Å². The number of tetrazole rings is 1. The molecule has 5 nitrogen and oxygen atoms in total. The van der Waals surface area contributed by atoms with Crippen molar-refractivity contribution < 1.29 is 13.2 Å². The van der Waals surface area contributed by atoms with Crippen molar-refractivity contribution in [2.24, 2.45) is 0 Å². The molecule has 132 valence electrons. The summed E-state index contributed by atoms with van der Waals surface area (Å²) in [6, 6.07) is 10.8. The number of alkyl halides is 3. The molecule has 25 heavy (non-hydrogen) atoms. The van der Waals surface area contributed by atoms with Crippen molar-refractivity contribution in [1.82, 2.24) is 25.1 Å². The van der Waals surface area contributed by atoms with Crippen molar-refractivity contribution in [2.45, 2.75) is 50.6 Å². The SMILES string of the molecule is FC(F)(F)Cn1nnnc1CN1[C@@H]2CC[C@@H]1C=C(c1ccccc1)C2. The first kappa shape index (κ1) is 16.3. The van der Waals surface area contributed by atoms with E-state index >= 15 is 0 Å². The summed E-state index contributed by atoms with van der Waals surface area (Å²) in [5.74, 6) is 0.269. The van der Waals surface area contributed by atoms with Crippen LogP contribution in [0.1, 0.15) is 30.7 Å². The lowest BCUT2D eigenvalue weighted by Gasteiger charge is -2.33. The summed E-state index contributed by atoms with van der Waals surface area (Å²) in [5.41, 5.74) is 2.54. The number of nitrogens with zero attached hydrogens (tertiary/aromatic N) is 5. The molecule has 0 radical (unpaired) electrons. The molecule has 1 aromatic heterocycles. The second-order valence-corrected chi connectivity index (χ2v) is 6.60. The maximum Gasteiger partial charge on any atom is 0.408 e. The quantitative estimate of drug-likeness (QED) is 0.851. The Morgan fingerprint density at radius 3 is 2.64 bits per heavy atom. The first-order valence-electron chi connectivity index (χ1n) is 8.33. The molecule has 2 aliphatic rings. The molecular weight excluding hydrogens is 331 g/mol. The van der Waals surface area contributed by atoms with Crippen LogP contribution in [0.25, 0.3) is 5.57 Å². The minimum atomic E-state index is -4.33. The zero-order valence-corrected chi connectivity index (χ0v) is 13.5. The first-order chi connectivity index (χ1) is 12.0. The summed E-state index contributed by atoms with van der Waals surface area (Å²) in [6.07, 6.45) is 0.879. The summed E-state index contributed by atoms with van der Waals surface area (Å²) in [7, 11) is 0. The fourth-order valence-electron chi connectivity index (χ4n) is 3.82. The molecule has 0 N–H and O–H groups in total. The van der Waals surface area contributed by atoms with Crippen LogP contribution < -0.4 is 0 Å². The lowest BCUT2D eigenvalue weighted by Crippen LogP contribution is -2.38. The van der Waals surface area contributed by atoms with Crippen molar-refractivity contribution in [3.8, 4) is 0 Å². The smallest absolute Gasteiger partial charge is 0.286 e. The fraction of sp³-hybridized carbons (Fsp3) is 0.471. The first-order valence-corrected chi connectivity index (χ1v) is 8.33. The Labute approximate surface area is 143 Å². The number of benzene rings is 1. The molecular formula is C17H18F3N5. The van der Waals surface area contributed by atoms with E-state index < -0.39 is 12.7 Å². The molecule has 2 aliphatic heterocycles. The molecule has 1 saturated heterocycles. The van der Waals surface area contributed by atoms with Crippen molar-refractivity contribution in [3.05, 3.63) is 47.8 Å². The molecule has 3 heterocycles. The van der Waals surface area contributed by atoms with Gasteiger partial charge in [-0.2, -0.15) is 13.2 Å². The third-order valence-electron chi connectivity index (χ3n) is 4.94. The van der Waals surface area contributed by atoms with Gasteiger partial charge in [0.1, 0.15) is 6.54 Å². The van der Waals surface area contributed by atoms with E-state index in [4.69, 9.17) is 0 Å². The van der Waals surface area contributed by atoms with Crippen LogP contribution in [-0.2, 0) is 13.1 Å². The van der Waals surface area contributed by atoms with Crippen molar-refractivity contribution in [3.63, 3.8) is 0 Å². The number of rotatable bonds is 4. The van der Waals surface area contributed by atoms with Gasteiger partial charge >= 0.3 is 6.18 Å². The number of fused-ring (bicyclic) bond motifs is 2. The largest absolute Gasteiger partial charge is 0.408 e. The number of aromatic nitrogens is 4. The minimum Gasteiger partial charge on any atom is -0.286 e. The van der Waals surface area contributed by atoms with Crippen LogP contribution in [0.15, 0.2) is 36.4 Å². The number of hydrogen-bond acceptors (Lipinski definition) is 4. The van der Waals surface area contributed by atoms with Crippen LogP contribution in [0, 0.1) is 0 Å². The third-order valence-corrected chi connectivity index (χ3v) is 4.94. The van der Waals surface area contributed by atoms with E-state index in [1.165, 1.54) is 11.1 Å². The third kappa shape index (κ3) is 3.44. The summed E-state index contributed by atoms with van der Waals surface area (Å²) in [5, 5.41) is 10.7. The molecule has 1 fully saturated rings. The average molecular weight is 349 g/mol. The van der Waals surface area contributed by atoms with Gasteiger partial charge in [0.05, 0.1) is 6.54 Å². The molecule has 1 aromatic carbocycles. The topological polar surface area (TPSA) is 46.8 Å². The predicted octanol–water partition coefficient (Wildman–Crippen LogP) is 3.06. The predicted molar refractivity (Wildman–Crippen MR) is 85.3 cm³/mol. The standard InChI is InChI=1S/C17H18F3N5/c18-17(19,20)11-25-16(21-22-23-25)10-24-14-6-7-15(24)9-13(8-14)12-4-2-1-3-5-12/h1-5,8,14-15H,6-7,9-11H2/t14-,15-/m1/s1. The highest BCUT2D eigenvalue weighted by Gasteiger charge is 2.38. The maximum atomic E-state index is 12.6. The van der Waals surface area contributed by atoms with Crippen LogP contribution in [0.5, 0.6) is 0 Å². The van der Waals surface area contributed by atoms with Crippen LogP contribution >= 0.6 is 0 Å². The second-order valence-electron chi connectivity index (χ2n) is 6.60. The van der Waals surface area contributed by atoms with Gasteiger partial charge in [-0.1, -0.05) is 36.4 Å². The summed E-state index contributed by atoms with van der Waals surface area (Å²) in [6.45, 7) is -0.805. The molecule has 0 saturated carbocycles. The number of hydrogen-bond donors (Lipinski definition) is 0. The van der Waals surface area contributed by atoms with E-state index in [0.717, 1.165) is 23.9 Å². The average Bonchev–Trinajstić information content (AvgIpc) is 3.08. The van der Waals surface area contributed by atoms with Gasteiger partial charge in [0.2, 0.25) is 0 Å². The lowest BCUT2D eigenvalue weighted by molar-refractivity contribution is -0.143. The molecule has 8 heteroatoms. The molecule has 2 atom stereocenters. The highest BCUT2D eigenvalue weighted by Crippen LogP contribution is 2.39. The Balaban J connectivity index is 1.52. The van der Waals surface area contributed by atoms with Crippen molar-refractivity contribution in [2.75, 3.05) is 0 Å². The summed E-state index contributed by atoms with van der Waals surface area (Å²) < 4.78 is 38.8. The maximum absolute atomic E-state index is 12.6. The van der Waals surface area contributed by atoms with E-state index in [0.29, 0.717) is 12.6 Å². The zero-order chi connectivity index (χ0) is 17.4. The highest BCUT2D eigenvalue weighted by molar-refractivity contribution is 5.68. The van der Waals surface area contributed by atoms with Crippen molar-refractivity contribution >= 4 is 5.57 Å². The Morgan fingerprint density at radius 1 is 1.12 bits per heavy atom. The zero-order valence-electron chi connectivity index (χ0n) is 13.5. The van der Waals surface area contributed by atoms with Gasteiger partial charge < -0.3 is 0 Å². The molecule has 0 aliphatic carbocycles. The van der Waals surface area contributed by atoms with Gasteiger partial charge in [-0.25, -0.2) is 4.68 Å². The van der Waals surface area contributed by atoms with Gasteiger partial charge in [-0.15, -0.1) is 5.10 Å². The van der Waals surface area contributed by atoms with Crippen LogP contribution in [0.2, 0.25) is 0 Å². The highest BCUT2D eigenvalue weighted by atomic mass is 19.4. The minimum absolute atomic E-state index is 0.227. The molecule has 2 bridgehead atoms. The fourth-order valence-corrected chi connectivity index (χ4v) is 3.82. The van der Waals surface area contributed by atoms with E-state index in [1.54, 1.807) is 0 Å². The van der Waals surface area contributed by atoms with Crippen LogP contribution in [-0.4, -0.2) is 43.4 Å². The van der Waals surface area contributed by atoms with Gasteiger partial charge in [-0.3, -0.25) is 4.90 Å². The van der Waals surface area contributed by atoms with Gasteiger partial charge in [-0.05, 0) is 40.8 Å². The Kier molecular flexibility index (Phi) is 4.07. The molecule has 0 spiro atoms.